The van der Waals surface area contributed by atoms with Crippen LogP contribution >= 0.6 is 0 Å². The van der Waals surface area contributed by atoms with Crippen molar-refractivity contribution in [1.29, 1.82) is 0 Å². The largest absolute Gasteiger partial charge is 0.463 e. The summed E-state index contributed by atoms with van der Waals surface area (Å²) in [7, 11) is 0. The van der Waals surface area contributed by atoms with Crippen LogP contribution < -0.4 is 5.32 Å². The van der Waals surface area contributed by atoms with Gasteiger partial charge in [0, 0.05) is 13.3 Å². The zero-order valence-corrected chi connectivity index (χ0v) is 10.8. The minimum atomic E-state index is -0.967. The van der Waals surface area contributed by atoms with Gasteiger partial charge in [0.25, 0.3) is 0 Å². The Balaban J connectivity index is 4.22. The molecule has 0 aliphatic rings. The van der Waals surface area contributed by atoms with Crippen LogP contribution in [0.3, 0.4) is 0 Å². The number of carbonyl (C=O) groups is 3. The lowest BCUT2D eigenvalue weighted by molar-refractivity contribution is -0.150. The number of rotatable bonds is 9. The van der Waals surface area contributed by atoms with Crippen molar-refractivity contribution in [2.45, 2.75) is 25.8 Å². The first-order valence-corrected chi connectivity index (χ1v) is 5.82. The number of hydrogen-bond donors (Lipinski definition) is 3. The van der Waals surface area contributed by atoms with Gasteiger partial charge in [-0.1, -0.05) is 0 Å². The average molecular weight is 277 g/mol. The first-order chi connectivity index (χ1) is 9.01. The van der Waals surface area contributed by atoms with E-state index in [1.807, 2.05) is 0 Å². The summed E-state index contributed by atoms with van der Waals surface area (Å²) in [6.07, 6.45) is -0.0761. The molecular formula is C11H19NO7. The molecule has 19 heavy (non-hydrogen) atoms. The Kier molecular flexibility index (Phi) is 9.37. The van der Waals surface area contributed by atoms with Crippen molar-refractivity contribution in [2.75, 3.05) is 26.4 Å². The zero-order chi connectivity index (χ0) is 14.7. The molecule has 110 valence electrons. The molecule has 0 aromatic carbocycles. The molecule has 0 bridgehead atoms. The molecule has 8 heteroatoms. The van der Waals surface area contributed by atoms with E-state index in [1.54, 1.807) is 0 Å². The van der Waals surface area contributed by atoms with Crippen LogP contribution in [-0.4, -0.2) is 60.5 Å². The number of esters is 2. The third kappa shape index (κ3) is 8.97. The van der Waals surface area contributed by atoms with Crippen molar-refractivity contribution < 1.29 is 34.1 Å². The number of aliphatic hydroxyl groups excluding tert-OH is 2. The maximum absolute atomic E-state index is 11.5. The Morgan fingerprint density at radius 2 is 1.68 bits per heavy atom. The monoisotopic (exact) mass is 277 g/mol. The van der Waals surface area contributed by atoms with E-state index in [9.17, 15) is 14.4 Å². The third-order valence-electron chi connectivity index (χ3n) is 1.99. The van der Waals surface area contributed by atoms with E-state index in [-0.39, 0.29) is 39.3 Å². The van der Waals surface area contributed by atoms with E-state index < -0.39 is 23.9 Å². The highest BCUT2D eigenvalue weighted by atomic mass is 16.5. The molecule has 1 amide bonds. The van der Waals surface area contributed by atoms with Gasteiger partial charge in [-0.05, 0) is 6.42 Å². The first kappa shape index (κ1) is 17.3. The Bertz CT molecular complexity index is 305. The molecule has 0 saturated carbocycles. The maximum Gasteiger partial charge on any atom is 0.328 e. The molecule has 0 fully saturated rings. The fraction of sp³-hybridized carbons (Fsp3) is 0.727. The third-order valence-corrected chi connectivity index (χ3v) is 1.99. The number of ether oxygens (including phenoxy) is 2. The lowest BCUT2D eigenvalue weighted by Gasteiger charge is -2.16. The molecule has 1 atom stereocenters. The van der Waals surface area contributed by atoms with Crippen molar-refractivity contribution in [3.63, 3.8) is 0 Å². The predicted molar refractivity (Wildman–Crippen MR) is 62.9 cm³/mol. The Morgan fingerprint density at radius 1 is 1.11 bits per heavy atom. The Hall–Kier alpha value is -1.67. The summed E-state index contributed by atoms with van der Waals surface area (Å²) in [4.78, 5) is 33.6. The van der Waals surface area contributed by atoms with E-state index in [4.69, 9.17) is 10.2 Å². The van der Waals surface area contributed by atoms with Crippen LogP contribution in [0.4, 0.5) is 0 Å². The van der Waals surface area contributed by atoms with E-state index in [2.05, 4.69) is 14.8 Å². The number of amides is 1. The van der Waals surface area contributed by atoms with Crippen molar-refractivity contribution in [3.05, 3.63) is 0 Å². The minimum Gasteiger partial charge on any atom is -0.463 e. The van der Waals surface area contributed by atoms with Crippen LogP contribution in [0.1, 0.15) is 19.8 Å². The summed E-state index contributed by atoms with van der Waals surface area (Å²) in [5.41, 5.74) is 0. The molecule has 0 saturated heterocycles. The van der Waals surface area contributed by atoms with Crippen LogP contribution in [0.2, 0.25) is 0 Å². The second-order valence-electron chi connectivity index (χ2n) is 3.63. The molecule has 0 heterocycles. The second-order valence-corrected chi connectivity index (χ2v) is 3.63. The zero-order valence-electron chi connectivity index (χ0n) is 10.8. The number of carbonyl (C=O) groups excluding carboxylic acids is 3. The second kappa shape index (κ2) is 10.3. The molecule has 0 spiro atoms. The molecular weight excluding hydrogens is 258 g/mol. The molecule has 0 radical (unpaired) electrons. The molecule has 1 unspecified atom stereocenters. The summed E-state index contributed by atoms with van der Waals surface area (Å²) < 4.78 is 9.29. The van der Waals surface area contributed by atoms with Gasteiger partial charge in [-0.15, -0.1) is 0 Å². The molecule has 0 aliphatic carbocycles. The van der Waals surface area contributed by atoms with Gasteiger partial charge in [0.1, 0.15) is 19.3 Å². The minimum absolute atomic E-state index is 0.0219. The van der Waals surface area contributed by atoms with Gasteiger partial charge in [-0.25, -0.2) is 4.79 Å². The Labute approximate surface area is 110 Å². The fourth-order valence-corrected chi connectivity index (χ4v) is 1.23. The SMILES string of the molecule is CC(=O)NC(CCC(=O)OCCO)C(=O)OCCO. The molecule has 0 rings (SSSR count). The maximum atomic E-state index is 11.5. The molecule has 3 N–H and O–H groups in total. The standard InChI is InChI=1S/C11H19NO7/c1-8(15)12-9(11(17)19-7-5-14)2-3-10(16)18-6-4-13/h9,13-14H,2-7H2,1H3,(H,12,15). The normalized spacial score (nSPS) is 11.5. The first-order valence-electron chi connectivity index (χ1n) is 5.82. The highest BCUT2D eigenvalue weighted by molar-refractivity contribution is 5.83. The van der Waals surface area contributed by atoms with Crippen molar-refractivity contribution >= 4 is 17.8 Å². The van der Waals surface area contributed by atoms with Gasteiger partial charge in [0.05, 0.1) is 13.2 Å². The number of nitrogens with one attached hydrogen (secondary N) is 1. The van der Waals surface area contributed by atoms with Gasteiger partial charge in [-0.2, -0.15) is 0 Å². The summed E-state index contributed by atoms with van der Waals surface area (Å²) in [6, 6.07) is -0.967. The van der Waals surface area contributed by atoms with Crippen molar-refractivity contribution in [3.8, 4) is 0 Å². The van der Waals surface area contributed by atoms with Gasteiger partial charge >= 0.3 is 11.9 Å². The number of aliphatic hydroxyl groups is 2. The molecule has 8 nitrogen and oxygen atoms in total. The number of hydrogen-bond acceptors (Lipinski definition) is 7. The molecule has 0 aromatic rings. The lowest BCUT2D eigenvalue weighted by atomic mass is 10.1. The summed E-state index contributed by atoms with van der Waals surface area (Å²) in [5.74, 6) is -1.74. The summed E-state index contributed by atoms with van der Waals surface area (Å²) >= 11 is 0. The van der Waals surface area contributed by atoms with E-state index in [0.29, 0.717) is 0 Å². The van der Waals surface area contributed by atoms with Crippen LogP contribution in [0.25, 0.3) is 0 Å². The smallest absolute Gasteiger partial charge is 0.328 e. The van der Waals surface area contributed by atoms with Gasteiger partial charge < -0.3 is 25.0 Å². The van der Waals surface area contributed by atoms with Crippen LogP contribution in [0.5, 0.6) is 0 Å². The van der Waals surface area contributed by atoms with E-state index in [1.165, 1.54) is 6.92 Å². The van der Waals surface area contributed by atoms with Crippen LogP contribution in [0, 0.1) is 0 Å². The molecule has 0 aliphatic heterocycles. The average Bonchev–Trinajstić information content (AvgIpc) is 2.37. The van der Waals surface area contributed by atoms with E-state index in [0.717, 1.165) is 0 Å². The van der Waals surface area contributed by atoms with Gasteiger partial charge in [-0.3, -0.25) is 9.59 Å². The lowest BCUT2D eigenvalue weighted by Crippen LogP contribution is -2.41. The van der Waals surface area contributed by atoms with E-state index >= 15 is 0 Å². The highest BCUT2D eigenvalue weighted by Crippen LogP contribution is 2.02. The summed E-state index contributed by atoms with van der Waals surface area (Å²) in [5, 5.41) is 19.3. The van der Waals surface area contributed by atoms with Crippen molar-refractivity contribution in [2.24, 2.45) is 0 Å². The molecule has 0 aromatic heterocycles. The Morgan fingerprint density at radius 3 is 2.21 bits per heavy atom. The van der Waals surface area contributed by atoms with Crippen LogP contribution in [-0.2, 0) is 23.9 Å². The fourth-order valence-electron chi connectivity index (χ4n) is 1.23. The van der Waals surface area contributed by atoms with Gasteiger partial charge in [0.15, 0.2) is 0 Å². The van der Waals surface area contributed by atoms with Crippen LogP contribution in [0.15, 0.2) is 0 Å². The quantitative estimate of drug-likeness (QED) is 0.431. The summed E-state index contributed by atoms with van der Waals surface area (Å²) in [6.45, 7) is 0.343. The highest BCUT2D eigenvalue weighted by Gasteiger charge is 2.22. The van der Waals surface area contributed by atoms with Crippen molar-refractivity contribution in [1.82, 2.24) is 5.32 Å². The topological polar surface area (TPSA) is 122 Å². The van der Waals surface area contributed by atoms with Gasteiger partial charge in [0.2, 0.25) is 5.91 Å². The predicted octanol–water partition coefficient (Wildman–Crippen LogP) is -1.66.